The fourth-order valence-corrected chi connectivity index (χ4v) is 3.42. The van der Waals surface area contributed by atoms with Crippen LogP contribution < -0.4 is 0 Å². The number of hydrogen-bond donors (Lipinski definition) is 0. The van der Waals surface area contributed by atoms with Gasteiger partial charge >= 0.3 is 0 Å². The minimum Gasteiger partial charge on any atom is -0.0917 e. The highest BCUT2D eigenvalue weighted by Gasteiger charge is 2.05. The summed E-state index contributed by atoms with van der Waals surface area (Å²) in [6.45, 7) is 4.37. The molecule has 3 aromatic carbocycles. The minimum atomic E-state index is 0.536. The second-order valence-electron chi connectivity index (χ2n) is 7.44. The van der Waals surface area contributed by atoms with Crippen molar-refractivity contribution in [3.8, 4) is 0 Å². The second-order valence-corrected chi connectivity index (χ2v) is 7.44. The van der Waals surface area contributed by atoms with E-state index in [4.69, 9.17) is 0 Å². The van der Waals surface area contributed by atoms with E-state index in [9.17, 15) is 0 Å². The van der Waals surface area contributed by atoms with Gasteiger partial charge in [-0.3, -0.25) is 0 Å². The number of allylic oxidation sites excluding steroid dienone is 2. The van der Waals surface area contributed by atoms with Crippen LogP contribution in [0.15, 0.2) is 91.0 Å². The van der Waals surface area contributed by atoms with E-state index >= 15 is 0 Å². The van der Waals surface area contributed by atoms with E-state index < -0.39 is 0 Å². The fourth-order valence-electron chi connectivity index (χ4n) is 3.42. The molecule has 28 heavy (non-hydrogen) atoms. The van der Waals surface area contributed by atoms with Gasteiger partial charge in [-0.2, -0.15) is 0 Å². The highest BCUT2D eigenvalue weighted by atomic mass is 14.1. The van der Waals surface area contributed by atoms with Crippen LogP contribution in [0.25, 0.3) is 12.2 Å². The third kappa shape index (κ3) is 6.09. The normalized spacial score (nSPS) is 12.6. The Kier molecular flexibility index (Phi) is 7.44. The van der Waals surface area contributed by atoms with Gasteiger partial charge in [0.25, 0.3) is 0 Å². The summed E-state index contributed by atoms with van der Waals surface area (Å²) < 4.78 is 0. The fraction of sp³-hybridized carbons (Fsp3) is 0.214. The second kappa shape index (κ2) is 10.5. The van der Waals surface area contributed by atoms with Crippen LogP contribution in [-0.2, 0) is 12.8 Å². The van der Waals surface area contributed by atoms with Crippen LogP contribution in [0.5, 0.6) is 0 Å². The van der Waals surface area contributed by atoms with Gasteiger partial charge in [-0.15, -0.1) is 0 Å². The van der Waals surface area contributed by atoms with E-state index in [0.717, 1.165) is 19.3 Å². The molecule has 3 rings (SSSR count). The van der Waals surface area contributed by atoms with E-state index in [1.165, 1.54) is 27.8 Å². The van der Waals surface area contributed by atoms with E-state index in [1.807, 2.05) is 0 Å². The van der Waals surface area contributed by atoms with Gasteiger partial charge in [0.2, 0.25) is 0 Å². The SMILES string of the molecule is CC=CCCc1ccc(C=Cc2ccc(C[C@H](C)c3ccccc3)cc2)cc1. The van der Waals surface area contributed by atoms with Crippen molar-refractivity contribution in [2.45, 2.75) is 39.0 Å². The smallest absolute Gasteiger partial charge is 0.0150 e. The molecular formula is C28H30. The molecule has 0 bridgehead atoms. The molecule has 0 amide bonds. The molecule has 0 radical (unpaired) electrons. The lowest BCUT2D eigenvalue weighted by molar-refractivity contribution is 0.759. The van der Waals surface area contributed by atoms with Gasteiger partial charge in [0.05, 0.1) is 0 Å². The van der Waals surface area contributed by atoms with Crippen molar-refractivity contribution in [3.63, 3.8) is 0 Å². The van der Waals surface area contributed by atoms with Gasteiger partial charge in [-0.25, -0.2) is 0 Å². The van der Waals surface area contributed by atoms with Crippen LogP contribution >= 0.6 is 0 Å². The van der Waals surface area contributed by atoms with Gasteiger partial charge in [-0.05, 0) is 59.9 Å². The predicted octanol–water partition coefficient (Wildman–Crippen LogP) is 7.71. The van der Waals surface area contributed by atoms with Crippen molar-refractivity contribution in [1.29, 1.82) is 0 Å². The monoisotopic (exact) mass is 366 g/mol. The Morgan fingerprint density at radius 1 is 0.714 bits per heavy atom. The van der Waals surface area contributed by atoms with E-state index in [-0.39, 0.29) is 0 Å². The van der Waals surface area contributed by atoms with Crippen LogP contribution in [0.4, 0.5) is 0 Å². The largest absolute Gasteiger partial charge is 0.0917 e. The van der Waals surface area contributed by atoms with Gasteiger partial charge in [0, 0.05) is 0 Å². The Morgan fingerprint density at radius 3 is 1.86 bits per heavy atom. The van der Waals surface area contributed by atoms with Crippen molar-refractivity contribution < 1.29 is 0 Å². The van der Waals surface area contributed by atoms with Crippen LogP contribution in [0.3, 0.4) is 0 Å². The third-order valence-corrected chi connectivity index (χ3v) is 5.17. The first kappa shape index (κ1) is 19.9. The molecule has 0 aliphatic heterocycles. The quantitative estimate of drug-likeness (QED) is 0.283. The summed E-state index contributed by atoms with van der Waals surface area (Å²) in [4.78, 5) is 0. The molecule has 0 heteroatoms. The Morgan fingerprint density at radius 2 is 1.29 bits per heavy atom. The average molecular weight is 367 g/mol. The van der Waals surface area contributed by atoms with E-state index in [2.05, 4.69) is 117 Å². The van der Waals surface area contributed by atoms with Crippen LogP contribution in [0, 0.1) is 0 Å². The molecule has 1 atom stereocenters. The molecule has 0 saturated carbocycles. The highest BCUT2D eigenvalue weighted by Crippen LogP contribution is 2.21. The maximum atomic E-state index is 2.30. The molecule has 0 aliphatic carbocycles. The Balaban J connectivity index is 1.56. The molecule has 0 aliphatic rings. The van der Waals surface area contributed by atoms with Crippen LogP contribution in [-0.4, -0.2) is 0 Å². The number of rotatable bonds is 8. The van der Waals surface area contributed by atoms with Gasteiger partial charge in [0.1, 0.15) is 0 Å². The summed E-state index contributed by atoms with van der Waals surface area (Å²) >= 11 is 0. The maximum absolute atomic E-state index is 2.30. The third-order valence-electron chi connectivity index (χ3n) is 5.17. The molecule has 0 fully saturated rings. The number of aryl methyl sites for hydroxylation is 1. The van der Waals surface area contributed by atoms with Crippen molar-refractivity contribution in [3.05, 3.63) is 119 Å². The predicted molar refractivity (Wildman–Crippen MR) is 124 cm³/mol. The number of benzene rings is 3. The standard InChI is InChI=1S/C28H30/c1-3-4-6-9-24-12-14-25(15-13-24)16-17-26-18-20-27(21-19-26)22-23(2)28-10-7-5-8-11-28/h3-5,7-8,10-21,23H,6,9,22H2,1-2H3/t23-/m0/s1. The summed E-state index contributed by atoms with van der Waals surface area (Å²) in [7, 11) is 0. The zero-order chi connectivity index (χ0) is 19.6. The first-order valence-corrected chi connectivity index (χ1v) is 10.3. The molecule has 0 saturated heterocycles. The lowest BCUT2D eigenvalue weighted by Crippen LogP contribution is -1.98. The zero-order valence-corrected chi connectivity index (χ0v) is 17.0. The molecule has 0 heterocycles. The Labute approximate surface area is 170 Å². The van der Waals surface area contributed by atoms with Crippen LogP contribution in [0.2, 0.25) is 0 Å². The summed E-state index contributed by atoms with van der Waals surface area (Å²) in [5.74, 6) is 0.536. The van der Waals surface area contributed by atoms with Crippen molar-refractivity contribution >= 4 is 12.2 Å². The molecule has 3 aromatic rings. The van der Waals surface area contributed by atoms with Crippen molar-refractivity contribution in [1.82, 2.24) is 0 Å². The Hall–Kier alpha value is -2.86. The van der Waals surface area contributed by atoms with Gasteiger partial charge in [0.15, 0.2) is 0 Å². The van der Waals surface area contributed by atoms with Crippen molar-refractivity contribution in [2.24, 2.45) is 0 Å². The molecule has 0 N–H and O–H groups in total. The van der Waals surface area contributed by atoms with Gasteiger partial charge in [-0.1, -0.05) is 110 Å². The van der Waals surface area contributed by atoms with E-state index in [0.29, 0.717) is 5.92 Å². The minimum absolute atomic E-state index is 0.536. The van der Waals surface area contributed by atoms with E-state index in [1.54, 1.807) is 0 Å². The Bertz CT molecular complexity index is 881. The molecule has 142 valence electrons. The average Bonchev–Trinajstić information content (AvgIpc) is 2.75. The molecular weight excluding hydrogens is 336 g/mol. The highest BCUT2D eigenvalue weighted by molar-refractivity contribution is 5.69. The molecule has 0 aromatic heterocycles. The zero-order valence-electron chi connectivity index (χ0n) is 17.0. The van der Waals surface area contributed by atoms with Gasteiger partial charge < -0.3 is 0 Å². The summed E-state index contributed by atoms with van der Waals surface area (Å²) in [6, 6.07) is 28.6. The first-order valence-electron chi connectivity index (χ1n) is 10.3. The molecule has 0 spiro atoms. The van der Waals surface area contributed by atoms with Crippen LogP contribution in [0.1, 0.15) is 54.0 Å². The van der Waals surface area contributed by atoms with Crippen molar-refractivity contribution in [2.75, 3.05) is 0 Å². The number of hydrogen-bond acceptors (Lipinski definition) is 0. The molecule has 0 unspecified atom stereocenters. The lowest BCUT2D eigenvalue weighted by atomic mass is 9.93. The summed E-state index contributed by atoms with van der Waals surface area (Å²) in [5.41, 5.74) is 6.68. The summed E-state index contributed by atoms with van der Waals surface area (Å²) in [6.07, 6.45) is 12.0. The maximum Gasteiger partial charge on any atom is -0.0150 e. The topological polar surface area (TPSA) is 0 Å². The lowest BCUT2D eigenvalue weighted by Gasteiger charge is -2.12. The molecule has 0 nitrogen and oxygen atoms in total. The first-order chi connectivity index (χ1) is 13.7. The summed E-state index contributed by atoms with van der Waals surface area (Å²) in [5, 5.41) is 0.